The van der Waals surface area contributed by atoms with Crippen LogP contribution in [0.15, 0.2) is 0 Å². The van der Waals surface area contributed by atoms with E-state index in [4.69, 9.17) is 8.85 Å². The van der Waals surface area contributed by atoms with Gasteiger partial charge in [0.15, 0.2) is 39.9 Å². The van der Waals surface area contributed by atoms with E-state index in [1.807, 2.05) is 0 Å². The zero-order valence-electron chi connectivity index (χ0n) is 24.6. The van der Waals surface area contributed by atoms with Crippen molar-refractivity contribution in [2.24, 2.45) is 0 Å². The first-order valence-electron chi connectivity index (χ1n) is 12.7. The van der Waals surface area contributed by atoms with E-state index < -0.39 is 115 Å². The second-order valence-corrected chi connectivity index (χ2v) is 22.7. The predicted molar refractivity (Wildman–Crippen MR) is 144 cm³/mol. The van der Waals surface area contributed by atoms with Crippen molar-refractivity contribution in [3.8, 4) is 0 Å². The van der Waals surface area contributed by atoms with Crippen LogP contribution in [0.2, 0.25) is 36.3 Å². The fraction of sp³-hybridized carbons (Fsp3) is 0.538. The van der Waals surface area contributed by atoms with Crippen molar-refractivity contribution in [1.82, 2.24) is 0 Å². The second kappa shape index (κ2) is 11.3. The van der Waals surface area contributed by atoms with Gasteiger partial charge in [-0.2, -0.15) is 0 Å². The van der Waals surface area contributed by atoms with E-state index in [1.54, 1.807) is 67.7 Å². The lowest BCUT2D eigenvalue weighted by Gasteiger charge is -2.36. The Morgan fingerprint density at radius 2 is 0.707 bits per heavy atom. The molecule has 0 fully saturated rings. The summed E-state index contributed by atoms with van der Waals surface area (Å²) in [5.74, 6) is -19.9. The van der Waals surface area contributed by atoms with Gasteiger partial charge >= 0.3 is 6.70 Å². The molecule has 0 bridgehead atoms. The summed E-state index contributed by atoms with van der Waals surface area (Å²) in [7, 11) is -5.49. The van der Waals surface area contributed by atoms with Crippen molar-refractivity contribution in [2.45, 2.75) is 91.0 Å². The van der Waals surface area contributed by atoms with E-state index in [2.05, 4.69) is 0 Å². The van der Waals surface area contributed by atoms with E-state index in [1.165, 1.54) is 0 Å². The number of benzene rings is 2. The summed E-state index contributed by atoms with van der Waals surface area (Å²) in [5.41, 5.74) is -8.12. The van der Waals surface area contributed by atoms with Gasteiger partial charge in [0.2, 0.25) is 0 Å². The minimum absolute atomic E-state index is 0.502. The second-order valence-electron chi connectivity index (χ2n) is 13.1. The Balaban J connectivity index is 2.67. The first kappa shape index (κ1) is 35.4. The Kier molecular flexibility index (Phi) is 9.78. The molecule has 0 aliphatic heterocycles. The molecule has 2 aromatic rings. The Labute approximate surface area is 235 Å². The molecule has 0 saturated heterocycles. The van der Waals surface area contributed by atoms with Gasteiger partial charge in [-0.05, 0) is 36.3 Å². The molecule has 0 aromatic heterocycles. The van der Waals surface area contributed by atoms with Crippen LogP contribution in [0.25, 0.3) is 0 Å². The van der Waals surface area contributed by atoms with Gasteiger partial charge in [-0.1, -0.05) is 52.5 Å². The summed E-state index contributed by atoms with van der Waals surface area (Å²) in [5, 5.41) is -1.00. The highest BCUT2D eigenvalue weighted by Crippen LogP contribution is 2.39. The maximum absolute atomic E-state index is 15.4. The van der Waals surface area contributed by atoms with Gasteiger partial charge in [0, 0.05) is 0 Å². The summed E-state index contributed by atoms with van der Waals surface area (Å²) in [6.45, 7) is 8.61. The van der Waals surface area contributed by atoms with Crippen molar-refractivity contribution in [3.05, 3.63) is 57.7 Å². The lowest BCUT2D eigenvalue weighted by Crippen LogP contribution is -2.58. The molecule has 15 heteroatoms. The fourth-order valence-electron chi connectivity index (χ4n) is 3.36. The molecule has 0 amide bonds. The molecule has 232 valence electrons. The molecule has 0 heterocycles. The number of hydrogen-bond acceptors (Lipinski definition) is 2. The molecule has 0 atom stereocenters. The quantitative estimate of drug-likeness (QED) is 0.165. The lowest BCUT2D eigenvalue weighted by atomic mass is 9.51. The summed E-state index contributed by atoms with van der Waals surface area (Å²) in [6.07, 6.45) is 0. The van der Waals surface area contributed by atoms with Crippen LogP contribution >= 0.6 is 0 Å². The molecule has 2 rings (SSSR count). The molecular weight excluding hydrogens is 601 g/mol. The first-order valence-corrected chi connectivity index (χ1v) is 18.5. The molecule has 0 radical (unpaired) electrons. The maximum Gasteiger partial charge on any atom is 0.373 e. The van der Waals surface area contributed by atoms with Crippen LogP contribution in [0.3, 0.4) is 0 Å². The molecule has 2 aromatic carbocycles. The molecule has 0 unspecified atom stereocenters. The maximum atomic E-state index is 15.4. The van der Waals surface area contributed by atoms with Crippen LogP contribution in [-0.2, 0) is 22.1 Å². The van der Waals surface area contributed by atoms with Gasteiger partial charge in [0.25, 0.3) is 0 Å². The molecular formula is C26H34BF10O2Si2-. The van der Waals surface area contributed by atoms with Gasteiger partial charge in [0.1, 0.15) is 23.3 Å². The van der Waals surface area contributed by atoms with Gasteiger partial charge < -0.3 is 17.5 Å². The largest absolute Gasteiger partial charge is 0.469 e. The lowest BCUT2D eigenvalue weighted by molar-refractivity contribution is 0.260. The van der Waals surface area contributed by atoms with E-state index in [9.17, 15) is 35.1 Å². The molecule has 0 aliphatic rings. The summed E-state index contributed by atoms with van der Waals surface area (Å²) >= 11 is 0. The Morgan fingerprint density at radius 1 is 0.488 bits per heavy atom. The van der Waals surface area contributed by atoms with E-state index >= 15 is 8.63 Å². The van der Waals surface area contributed by atoms with Crippen molar-refractivity contribution in [3.63, 3.8) is 0 Å². The van der Waals surface area contributed by atoms with Crippen molar-refractivity contribution in [2.75, 3.05) is 0 Å². The van der Waals surface area contributed by atoms with Crippen LogP contribution < -0.4 is 10.9 Å². The SMILES string of the molecule is CC(C)(C)[Si](C)(C)OCc1c(F)c(F)c([B-](F)(F)c2c(F)c(F)c(CO[Si](C)(C)C(C)(C)C)c(F)c2F)c(F)c1F. The minimum Gasteiger partial charge on any atom is -0.469 e. The average molecular weight is 636 g/mol. The summed E-state index contributed by atoms with van der Waals surface area (Å²) in [4.78, 5) is 0. The molecule has 0 aliphatic carbocycles. The van der Waals surface area contributed by atoms with Crippen LogP contribution in [0.1, 0.15) is 52.7 Å². The monoisotopic (exact) mass is 635 g/mol. The topological polar surface area (TPSA) is 18.5 Å². The zero-order valence-corrected chi connectivity index (χ0v) is 26.6. The van der Waals surface area contributed by atoms with Crippen molar-refractivity contribution in [1.29, 1.82) is 0 Å². The Morgan fingerprint density at radius 3 is 0.902 bits per heavy atom. The van der Waals surface area contributed by atoms with Crippen molar-refractivity contribution >= 4 is 34.3 Å². The fourth-order valence-corrected chi connectivity index (χ4v) is 5.24. The third-order valence-corrected chi connectivity index (χ3v) is 17.2. The van der Waals surface area contributed by atoms with Crippen LogP contribution in [-0.4, -0.2) is 23.3 Å². The smallest absolute Gasteiger partial charge is 0.373 e. The van der Waals surface area contributed by atoms with Crippen LogP contribution in [0.5, 0.6) is 0 Å². The molecule has 41 heavy (non-hydrogen) atoms. The molecule has 0 spiro atoms. The first-order chi connectivity index (χ1) is 18.2. The minimum atomic E-state index is -6.46. The predicted octanol–water partition coefficient (Wildman–Crippen LogP) is 8.34. The third-order valence-electron chi connectivity index (χ3n) is 8.27. The zero-order chi connectivity index (χ0) is 32.3. The standard InChI is InChI=1S/C26H34BF10O2Si2/c1-25(2,3)40(7,8)38-11-13-17(28)21(32)15(22(33)18(13)29)27(36,37)16-23(34)19(30)14(20(31)24(16)35)12-39-41(9,10)26(4,5)6/h11-12H2,1-10H3/q-1. The van der Waals surface area contributed by atoms with E-state index in [-0.39, 0.29) is 0 Å². The highest BCUT2D eigenvalue weighted by molar-refractivity contribution is 6.91. The van der Waals surface area contributed by atoms with Crippen molar-refractivity contribution < 1.29 is 52.6 Å². The van der Waals surface area contributed by atoms with Gasteiger partial charge in [0.05, 0.1) is 24.3 Å². The Hall–Kier alpha value is -1.84. The van der Waals surface area contributed by atoms with Crippen LogP contribution in [0, 0.1) is 46.5 Å². The van der Waals surface area contributed by atoms with E-state index in [0.717, 1.165) is 0 Å². The van der Waals surface area contributed by atoms with Gasteiger partial charge in [-0.25, -0.2) is 35.1 Å². The number of rotatable bonds is 8. The summed E-state index contributed by atoms with van der Waals surface area (Å²) in [6, 6.07) is 0. The number of hydrogen-bond donors (Lipinski definition) is 0. The summed E-state index contributed by atoms with van der Waals surface area (Å²) < 4.78 is 161. The number of halogens is 10. The van der Waals surface area contributed by atoms with Gasteiger partial charge in [-0.3, -0.25) is 0 Å². The molecule has 2 nitrogen and oxygen atoms in total. The van der Waals surface area contributed by atoms with E-state index in [0.29, 0.717) is 0 Å². The van der Waals surface area contributed by atoms with Gasteiger partial charge in [-0.15, -0.1) is 0 Å². The Bertz CT molecular complexity index is 1180. The highest BCUT2D eigenvalue weighted by atomic mass is 28.4. The molecule has 0 N–H and O–H groups in total. The van der Waals surface area contributed by atoms with Crippen LogP contribution in [0.4, 0.5) is 43.8 Å². The normalized spacial score (nSPS) is 13.8. The third kappa shape index (κ3) is 6.42. The molecule has 0 saturated carbocycles. The average Bonchev–Trinajstić information content (AvgIpc) is 2.79. The highest BCUT2D eigenvalue weighted by Gasteiger charge is 2.45.